The summed E-state index contributed by atoms with van der Waals surface area (Å²) in [7, 11) is 2.10. The Labute approximate surface area is 185 Å². The Morgan fingerprint density at radius 1 is 0.700 bits per heavy atom. The van der Waals surface area contributed by atoms with Gasteiger partial charge in [0.05, 0.1) is 12.2 Å². The Kier molecular flexibility index (Phi) is 21.5. The van der Waals surface area contributed by atoms with Gasteiger partial charge in [0, 0.05) is 39.3 Å². The number of nitrogens with one attached hydrogen (secondary N) is 2. The van der Waals surface area contributed by atoms with Gasteiger partial charge in [0.25, 0.3) is 0 Å². The zero-order valence-electron chi connectivity index (χ0n) is 19.6. The molecule has 2 atom stereocenters. The fourth-order valence-corrected chi connectivity index (χ4v) is 2.83. The fourth-order valence-electron chi connectivity index (χ4n) is 2.83. The second-order valence-electron chi connectivity index (χ2n) is 7.73. The highest BCUT2D eigenvalue weighted by Crippen LogP contribution is 1.99. The van der Waals surface area contributed by atoms with Crippen molar-refractivity contribution in [2.75, 3.05) is 46.3 Å². The van der Waals surface area contributed by atoms with Crippen molar-refractivity contribution in [3.05, 3.63) is 48.6 Å². The minimum Gasteiger partial charge on any atom is -0.392 e. The van der Waals surface area contributed by atoms with E-state index in [1.54, 1.807) is 0 Å². The van der Waals surface area contributed by atoms with Crippen LogP contribution in [0.4, 0.5) is 0 Å². The molecule has 4 N–H and O–H groups in total. The van der Waals surface area contributed by atoms with E-state index in [0.29, 0.717) is 13.1 Å². The molecule has 0 heterocycles. The topological polar surface area (TPSA) is 67.8 Å². The van der Waals surface area contributed by atoms with Gasteiger partial charge in [-0.3, -0.25) is 0 Å². The molecule has 174 valence electrons. The van der Waals surface area contributed by atoms with E-state index in [9.17, 15) is 10.2 Å². The maximum Gasteiger partial charge on any atom is 0.0667 e. The second kappa shape index (κ2) is 22.4. The summed E-state index contributed by atoms with van der Waals surface area (Å²) >= 11 is 0. The molecular weight excluding hydrogens is 374 g/mol. The first-order valence-electron chi connectivity index (χ1n) is 11.6. The first-order valence-corrected chi connectivity index (χ1v) is 11.6. The van der Waals surface area contributed by atoms with Gasteiger partial charge in [0.2, 0.25) is 0 Å². The molecule has 0 aliphatic rings. The average molecular weight is 422 g/mol. The van der Waals surface area contributed by atoms with Crippen LogP contribution in [0.3, 0.4) is 0 Å². The highest BCUT2D eigenvalue weighted by Gasteiger charge is 2.04. The summed E-state index contributed by atoms with van der Waals surface area (Å²) in [6, 6.07) is 0. The van der Waals surface area contributed by atoms with E-state index in [2.05, 4.69) is 59.0 Å². The molecule has 0 fully saturated rings. The van der Waals surface area contributed by atoms with Crippen LogP contribution in [-0.2, 0) is 0 Å². The third-order valence-electron chi connectivity index (χ3n) is 4.78. The van der Waals surface area contributed by atoms with Crippen LogP contribution in [0.1, 0.15) is 52.4 Å². The van der Waals surface area contributed by atoms with Crippen molar-refractivity contribution in [1.82, 2.24) is 15.5 Å². The highest BCUT2D eigenvalue weighted by molar-refractivity contribution is 4.92. The molecular formula is C25H47N3O2. The van der Waals surface area contributed by atoms with Gasteiger partial charge >= 0.3 is 0 Å². The summed E-state index contributed by atoms with van der Waals surface area (Å²) in [6.07, 6.45) is 21.7. The Hall–Kier alpha value is -1.24. The SMILES string of the molecule is C/C=C\C/C=C\CCC(O)CNCCN(C)CCNCC(O)CC/C=C\C/C=C\C. The Bertz CT molecular complexity index is 433. The molecule has 0 saturated heterocycles. The van der Waals surface area contributed by atoms with E-state index in [1.165, 1.54) is 0 Å². The standard InChI is InChI=1S/C25H47N3O2/c1-4-6-8-10-12-14-16-24(29)22-26-18-20-28(3)21-19-27-23-25(30)17-15-13-11-9-7-5-2/h4-7,10-13,24-27,29-30H,8-9,14-23H2,1-3H3/b6-4-,7-5-,12-10-,13-11-. The smallest absolute Gasteiger partial charge is 0.0667 e. The molecule has 0 aliphatic heterocycles. The number of aliphatic hydroxyl groups excluding tert-OH is 2. The minimum atomic E-state index is -0.289. The summed E-state index contributed by atoms with van der Waals surface area (Å²) < 4.78 is 0. The van der Waals surface area contributed by atoms with Crippen molar-refractivity contribution in [1.29, 1.82) is 0 Å². The lowest BCUT2D eigenvalue weighted by Crippen LogP contribution is -2.38. The maximum absolute atomic E-state index is 9.99. The van der Waals surface area contributed by atoms with Crippen LogP contribution in [0.2, 0.25) is 0 Å². The van der Waals surface area contributed by atoms with Crippen molar-refractivity contribution >= 4 is 0 Å². The predicted octanol–water partition coefficient (Wildman–Crippen LogP) is 3.42. The molecule has 5 nitrogen and oxygen atoms in total. The largest absolute Gasteiger partial charge is 0.392 e. The summed E-state index contributed by atoms with van der Waals surface area (Å²) in [5.41, 5.74) is 0. The predicted molar refractivity (Wildman–Crippen MR) is 131 cm³/mol. The molecule has 0 spiro atoms. The first kappa shape index (κ1) is 28.8. The van der Waals surface area contributed by atoms with Crippen molar-refractivity contribution in [3.63, 3.8) is 0 Å². The van der Waals surface area contributed by atoms with Gasteiger partial charge in [-0.05, 0) is 59.4 Å². The van der Waals surface area contributed by atoms with Crippen LogP contribution >= 0.6 is 0 Å². The van der Waals surface area contributed by atoms with Gasteiger partial charge in [-0.1, -0.05) is 48.6 Å². The van der Waals surface area contributed by atoms with Crippen molar-refractivity contribution in [3.8, 4) is 0 Å². The van der Waals surface area contributed by atoms with Crippen LogP contribution in [0.15, 0.2) is 48.6 Å². The number of hydrogen-bond donors (Lipinski definition) is 4. The maximum atomic E-state index is 9.99. The summed E-state index contributed by atoms with van der Waals surface area (Å²) in [6.45, 7) is 8.95. The zero-order valence-corrected chi connectivity index (χ0v) is 19.6. The van der Waals surface area contributed by atoms with Crippen LogP contribution < -0.4 is 10.6 Å². The Morgan fingerprint density at radius 2 is 1.13 bits per heavy atom. The molecule has 0 aromatic rings. The van der Waals surface area contributed by atoms with Crippen LogP contribution in [0.5, 0.6) is 0 Å². The lowest BCUT2D eigenvalue weighted by molar-refractivity contribution is 0.159. The van der Waals surface area contributed by atoms with Crippen LogP contribution in [0, 0.1) is 0 Å². The molecule has 2 unspecified atom stereocenters. The van der Waals surface area contributed by atoms with Crippen molar-refractivity contribution in [2.45, 2.75) is 64.6 Å². The second-order valence-corrected chi connectivity index (χ2v) is 7.73. The van der Waals surface area contributed by atoms with E-state index in [1.807, 2.05) is 26.0 Å². The van der Waals surface area contributed by atoms with Gasteiger partial charge in [-0.15, -0.1) is 0 Å². The molecule has 0 aliphatic carbocycles. The fraction of sp³-hybridized carbons (Fsp3) is 0.680. The van der Waals surface area contributed by atoms with E-state index in [0.717, 1.165) is 64.7 Å². The molecule has 0 radical (unpaired) electrons. The van der Waals surface area contributed by atoms with Gasteiger partial charge in [-0.2, -0.15) is 0 Å². The van der Waals surface area contributed by atoms with Gasteiger partial charge < -0.3 is 25.7 Å². The first-order chi connectivity index (χ1) is 14.6. The van der Waals surface area contributed by atoms with E-state index < -0.39 is 0 Å². The number of aliphatic hydroxyl groups is 2. The molecule has 0 amide bonds. The molecule has 0 saturated carbocycles. The number of hydrogen-bond acceptors (Lipinski definition) is 5. The van der Waals surface area contributed by atoms with E-state index >= 15 is 0 Å². The number of nitrogens with zero attached hydrogens (tertiary/aromatic N) is 1. The molecule has 0 aromatic heterocycles. The molecule has 30 heavy (non-hydrogen) atoms. The van der Waals surface area contributed by atoms with Gasteiger partial charge in [0.1, 0.15) is 0 Å². The van der Waals surface area contributed by atoms with E-state index in [-0.39, 0.29) is 12.2 Å². The molecule has 0 aromatic carbocycles. The van der Waals surface area contributed by atoms with Gasteiger partial charge in [0.15, 0.2) is 0 Å². The average Bonchev–Trinajstić information content (AvgIpc) is 2.73. The number of allylic oxidation sites excluding steroid dienone is 8. The van der Waals surface area contributed by atoms with Crippen molar-refractivity contribution in [2.24, 2.45) is 0 Å². The molecule has 0 rings (SSSR count). The summed E-state index contributed by atoms with van der Waals surface area (Å²) in [4.78, 5) is 2.26. The Balaban J connectivity index is 3.53. The quantitative estimate of drug-likeness (QED) is 0.179. The monoisotopic (exact) mass is 421 g/mol. The summed E-state index contributed by atoms with van der Waals surface area (Å²) in [5, 5.41) is 26.6. The van der Waals surface area contributed by atoms with Gasteiger partial charge in [-0.25, -0.2) is 0 Å². The van der Waals surface area contributed by atoms with Crippen molar-refractivity contribution < 1.29 is 10.2 Å². The van der Waals surface area contributed by atoms with Crippen LogP contribution in [0.25, 0.3) is 0 Å². The normalized spacial score (nSPS) is 14.9. The van der Waals surface area contributed by atoms with E-state index in [4.69, 9.17) is 0 Å². The molecule has 5 heteroatoms. The lowest BCUT2D eigenvalue weighted by Gasteiger charge is -2.19. The zero-order chi connectivity index (χ0) is 22.3. The highest BCUT2D eigenvalue weighted by atomic mass is 16.3. The molecule has 0 bridgehead atoms. The minimum absolute atomic E-state index is 0.289. The number of rotatable bonds is 20. The van der Waals surface area contributed by atoms with Crippen LogP contribution in [-0.4, -0.2) is 73.6 Å². The lowest BCUT2D eigenvalue weighted by atomic mass is 10.2. The Morgan fingerprint density at radius 3 is 1.53 bits per heavy atom. The summed E-state index contributed by atoms with van der Waals surface area (Å²) in [5.74, 6) is 0. The third kappa shape index (κ3) is 21.5. The number of likely N-dealkylation sites (N-methyl/N-ethyl adjacent to an activating group) is 1. The third-order valence-corrected chi connectivity index (χ3v) is 4.78.